The average Bonchev–Trinajstić information content (AvgIpc) is 2.91. The van der Waals surface area contributed by atoms with Gasteiger partial charge in [0, 0.05) is 23.5 Å². The number of hydrogen-bond acceptors (Lipinski definition) is 3. The van der Waals surface area contributed by atoms with Crippen LogP contribution in [0.4, 0.5) is 5.69 Å². The molecule has 2 aliphatic heterocycles. The van der Waals surface area contributed by atoms with Gasteiger partial charge in [-0.3, -0.25) is 9.59 Å². The lowest BCUT2D eigenvalue weighted by atomic mass is 10.0. The van der Waals surface area contributed by atoms with Gasteiger partial charge in [0.05, 0.1) is 11.6 Å². The van der Waals surface area contributed by atoms with Gasteiger partial charge in [-0.2, -0.15) is 0 Å². The van der Waals surface area contributed by atoms with E-state index in [9.17, 15) is 9.59 Å². The quantitative estimate of drug-likeness (QED) is 0.814. The van der Waals surface area contributed by atoms with Crippen molar-refractivity contribution in [3.8, 4) is 0 Å². The second kappa shape index (κ2) is 8.13. The van der Waals surface area contributed by atoms with Crippen molar-refractivity contribution >= 4 is 45.8 Å². The highest BCUT2D eigenvalue weighted by molar-refractivity contribution is 9.10. The summed E-state index contributed by atoms with van der Waals surface area (Å²) < 4.78 is 0.878. The number of anilines is 1. The molecule has 0 saturated carbocycles. The van der Waals surface area contributed by atoms with E-state index in [2.05, 4.69) is 26.6 Å². The minimum atomic E-state index is -0.255. The van der Waals surface area contributed by atoms with Crippen LogP contribution in [0.25, 0.3) is 0 Å². The van der Waals surface area contributed by atoms with Crippen molar-refractivity contribution in [3.63, 3.8) is 0 Å². The second-order valence-corrected chi connectivity index (χ2v) is 6.74. The summed E-state index contributed by atoms with van der Waals surface area (Å²) in [4.78, 5) is 26.4. The molecule has 1 unspecified atom stereocenters. The molecule has 2 fully saturated rings. The van der Waals surface area contributed by atoms with Gasteiger partial charge >= 0.3 is 0 Å². The van der Waals surface area contributed by atoms with E-state index in [1.54, 1.807) is 4.90 Å². The monoisotopic (exact) mass is 401 g/mol. The molecule has 1 aromatic rings. The maximum Gasteiger partial charge on any atom is 0.227 e. The predicted octanol–water partition coefficient (Wildman–Crippen LogP) is 2.09. The largest absolute Gasteiger partial charge is 0.353 e. The molecule has 7 heteroatoms. The lowest BCUT2D eigenvalue weighted by Crippen LogP contribution is -2.45. The van der Waals surface area contributed by atoms with Gasteiger partial charge in [-0.05, 0) is 54.0 Å². The minimum Gasteiger partial charge on any atom is -0.353 e. The highest BCUT2D eigenvalue weighted by atomic mass is 79.9. The van der Waals surface area contributed by atoms with Crippen molar-refractivity contribution < 1.29 is 9.59 Å². The summed E-state index contributed by atoms with van der Waals surface area (Å²) in [6.07, 6.45) is 2.21. The van der Waals surface area contributed by atoms with Gasteiger partial charge in [0.25, 0.3) is 0 Å². The topological polar surface area (TPSA) is 61.4 Å². The Morgan fingerprint density at radius 1 is 1.26 bits per heavy atom. The number of halogens is 2. The van der Waals surface area contributed by atoms with E-state index in [4.69, 9.17) is 0 Å². The van der Waals surface area contributed by atoms with Crippen LogP contribution in [0, 0.1) is 5.92 Å². The molecule has 0 bridgehead atoms. The molecule has 1 atom stereocenters. The van der Waals surface area contributed by atoms with Gasteiger partial charge in [0.1, 0.15) is 0 Å². The van der Waals surface area contributed by atoms with Gasteiger partial charge in [-0.25, -0.2) is 0 Å². The van der Waals surface area contributed by atoms with Crippen molar-refractivity contribution in [2.75, 3.05) is 24.5 Å². The summed E-state index contributed by atoms with van der Waals surface area (Å²) in [5.74, 6) is -0.235. The van der Waals surface area contributed by atoms with E-state index in [1.807, 2.05) is 24.3 Å². The van der Waals surface area contributed by atoms with Crippen LogP contribution >= 0.6 is 28.3 Å². The molecular formula is C16H21BrClN3O2. The number of carbonyl (C=O) groups excluding carboxylic acids is 2. The number of rotatable bonds is 3. The van der Waals surface area contributed by atoms with Crippen molar-refractivity contribution in [1.82, 2.24) is 10.6 Å². The van der Waals surface area contributed by atoms with Crippen LogP contribution in [0.5, 0.6) is 0 Å². The molecule has 126 valence electrons. The number of hydrogen-bond donors (Lipinski definition) is 2. The smallest absolute Gasteiger partial charge is 0.227 e. The zero-order chi connectivity index (χ0) is 15.5. The first-order valence-corrected chi connectivity index (χ1v) is 8.50. The molecule has 2 heterocycles. The van der Waals surface area contributed by atoms with Crippen LogP contribution in [0.1, 0.15) is 19.3 Å². The Hall–Kier alpha value is -1.11. The number of nitrogens with one attached hydrogen (secondary N) is 2. The van der Waals surface area contributed by atoms with Crippen molar-refractivity contribution in [2.45, 2.75) is 25.3 Å². The number of amides is 2. The summed E-state index contributed by atoms with van der Waals surface area (Å²) in [7, 11) is 0. The first-order chi connectivity index (χ1) is 10.6. The molecule has 0 aliphatic carbocycles. The molecule has 2 saturated heterocycles. The molecular weight excluding hydrogens is 382 g/mol. The molecule has 23 heavy (non-hydrogen) atoms. The first kappa shape index (κ1) is 18.2. The number of benzene rings is 1. The van der Waals surface area contributed by atoms with Crippen LogP contribution in [0.15, 0.2) is 28.7 Å². The van der Waals surface area contributed by atoms with E-state index >= 15 is 0 Å². The third-order valence-electron chi connectivity index (χ3n) is 4.32. The zero-order valence-electron chi connectivity index (χ0n) is 12.8. The summed E-state index contributed by atoms with van der Waals surface area (Å²) in [6, 6.07) is 7.85. The number of carbonyl (C=O) groups is 2. The fourth-order valence-corrected chi connectivity index (χ4v) is 3.57. The molecule has 3 rings (SSSR count). The third kappa shape index (κ3) is 4.25. The third-order valence-corrected chi connectivity index (χ3v) is 5.00. The molecule has 0 spiro atoms. The van der Waals surface area contributed by atoms with Crippen LogP contribution < -0.4 is 15.5 Å². The van der Waals surface area contributed by atoms with E-state index in [0.29, 0.717) is 6.54 Å². The molecule has 1 aromatic carbocycles. The van der Waals surface area contributed by atoms with Gasteiger partial charge in [0.2, 0.25) is 11.8 Å². The second-order valence-electron chi connectivity index (χ2n) is 5.89. The predicted molar refractivity (Wildman–Crippen MR) is 95.9 cm³/mol. The Morgan fingerprint density at radius 2 is 1.96 bits per heavy atom. The SMILES string of the molecule is Cl.O=C(NC1CCNCC1)C1CC(=O)N(c2ccccc2Br)C1. The van der Waals surface area contributed by atoms with E-state index in [-0.39, 0.29) is 42.6 Å². The van der Waals surface area contributed by atoms with E-state index in [1.165, 1.54) is 0 Å². The zero-order valence-corrected chi connectivity index (χ0v) is 15.2. The van der Waals surface area contributed by atoms with Crippen molar-refractivity contribution in [1.29, 1.82) is 0 Å². The molecule has 0 radical (unpaired) electrons. The summed E-state index contributed by atoms with van der Waals surface area (Å²) in [5, 5.41) is 6.38. The lowest BCUT2D eigenvalue weighted by Gasteiger charge is -2.25. The normalized spacial score (nSPS) is 21.9. The van der Waals surface area contributed by atoms with Crippen molar-refractivity contribution in [3.05, 3.63) is 28.7 Å². The fourth-order valence-electron chi connectivity index (χ4n) is 3.07. The summed E-state index contributed by atoms with van der Waals surface area (Å²) in [6.45, 7) is 2.34. The lowest BCUT2D eigenvalue weighted by molar-refractivity contribution is -0.127. The Bertz CT molecular complexity index is 578. The summed E-state index contributed by atoms with van der Waals surface area (Å²) in [5.41, 5.74) is 0.838. The highest BCUT2D eigenvalue weighted by Gasteiger charge is 2.36. The van der Waals surface area contributed by atoms with Gasteiger partial charge < -0.3 is 15.5 Å². The van der Waals surface area contributed by atoms with Crippen LogP contribution in [0.3, 0.4) is 0 Å². The van der Waals surface area contributed by atoms with E-state index in [0.717, 1.165) is 36.1 Å². The molecule has 2 aliphatic rings. The standard InChI is InChI=1S/C16H20BrN3O2.ClH/c17-13-3-1-2-4-14(13)20-10-11(9-15(20)21)16(22)19-12-5-7-18-8-6-12;/h1-4,11-12,18H,5-10H2,(H,19,22);1H. The fraction of sp³-hybridized carbons (Fsp3) is 0.500. The van der Waals surface area contributed by atoms with Gasteiger partial charge in [-0.15, -0.1) is 12.4 Å². The number of para-hydroxylation sites is 1. The maximum atomic E-state index is 12.4. The van der Waals surface area contributed by atoms with Crippen LogP contribution in [-0.2, 0) is 9.59 Å². The number of nitrogens with zero attached hydrogens (tertiary/aromatic N) is 1. The Labute approximate surface area is 150 Å². The van der Waals surface area contributed by atoms with Gasteiger partial charge in [0.15, 0.2) is 0 Å². The highest BCUT2D eigenvalue weighted by Crippen LogP contribution is 2.31. The van der Waals surface area contributed by atoms with Crippen LogP contribution in [0.2, 0.25) is 0 Å². The Balaban J connectivity index is 0.00000192. The minimum absolute atomic E-state index is 0. The average molecular weight is 403 g/mol. The number of piperidine rings is 1. The van der Waals surface area contributed by atoms with Gasteiger partial charge in [-0.1, -0.05) is 12.1 Å². The van der Waals surface area contributed by atoms with Crippen molar-refractivity contribution in [2.24, 2.45) is 5.92 Å². The van der Waals surface area contributed by atoms with Crippen LogP contribution in [-0.4, -0.2) is 37.5 Å². The van der Waals surface area contributed by atoms with E-state index < -0.39 is 0 Å². The Morgan fingerprint density at radius 3 is 2.65 bits per heavy atom. The molecule has 5 nitrogen and oxygen atoms in total. The summed E-state index contributed by atoms with van der Waals surface area (Å²) >= 11 is 3.47. The molecule has 2 amide bonds. The molecule has 0 aromatic heterocycles. The Kier molecular flexibility index (Phi) is 6.44. The maximum absolute atomic E-state index is 12.4. The molecule has 2 N–H and O–H groups in total. The first-order valence-electron chi connectivity index (χ1n) is 7.71.